The first-order chi connectivity index (χ1) is 45.3. The summed E-state index contributed by atoms with van der Waals surface area (Å²) in [5.41, 5.74) is 30.0. The third kappa shape index (κ3) is 16.7. The first-order valence-electron chi connectivity index (χ1n) is 35.7. The van der Waals surface area contributed by atoms with Crippen LogP contribution in [-0.2, 0) is 81.9 Å². The fourth-order valence-electron chi connectivity index (χ4n) is 14.7. The van der Waals surface area contributed by atoms with Crippen LogP contribution in [0, 0.1) is 0 Å². The summed E-state index contributed by atoms with van der Waals surface area (Å²) < 4.78 is 1.30. The summed E-state index contributed by atoms with van der Waals surface area (Å²) in [6.45, 7) is 57.6. The Morgan fingerprint density at radius 1 is 0.424 bits per heavy atom. The van der Waals surface area contributed by atoms with E-state index in [-0.39, 0.29) is 56.4 Å². The van der Waals surface area contributed by atoms with E-state index in [0.29, 0.717) is 7.25 Å². The Balaban J connectivity index is 0.000000153. The van der Waals surface area contributed by atoms with E-state index < -0.39 is 16.1 Å². The van der Waals surface area contributed by atoms with E-state index in [1.807, 2.05) is 12.1 Å². The van der Waals surface area contributed by atoms with Crippen LogP contribution in [0.15, 0.2) is 210 Å². The van der Waals surface area contributed by atoms with Crippen LogP contribution in [0.2, 0.25) is 26.2 Å². The molecule has 4 heterocycles. The molecule has 0 aromatic heterocycles. The number of nitrogens with zero attached hydrogens (tertiary/aromatic N) is 2. The van der Waals surface area contributed by atoms with Gasteiger partial charge in [-0.05, 0) is 79.6 Å². The molecule has 0 radical (unpaired) electrons. The Morgan fingerprint density at radius 3 is 1.11 bits per heavy atom. The normalized spacial score (nSPS) is 18.3. The summed E-state index contributed by atoms with van der Waals surface area (Å²) in [6.07, 6.45) is 16.2. The van der Waals surface area contributed by atoms with Gasteiger partial charge in [0.05, 0.1) is 11.4 Å². The van der Waals surface area contributed by atoms with Crippen LogP contribution in [-0.4, -0.2) is 27.6 Å². The van der Waals surface area contributed by atoms with Crippen LogP contribution in [0.4, 0.5) is 0 Å². The molecular weight excluding hydrogens is 1420 g/mol. The Bertz CT molecular complexity index is 4280. The molecule has 0 bridgehead atoms. The molecule has 6 aromatic carbocycles. The molecule has 14 rings (SSSR count). The fraction of sp³-hybridized carbons (Fsp3) is 0.400. The minimum Gasteiger partial charge on any atom is -1.00 e. The van der Waals surface area contributed by atoms with Crippen molar-refractivity contribution >= 4 is 39.7 Å². The van der Waals surface area contributed by atoms with E-state index in [0.717, 1.165) is 11.1 Å². The van der Waals surface area contributed by atoms with E-state index in [1.165, 1.54) is 119 Å². The molecule has 0 N–H and O–H groups in total. The minimum absolute atomic E-state index is 0. The number of benzene rings is 6. The van der Waals surface area contributed by atoms with Gasteiger partial charge in [0.15, 0.2) is 0 Å². The van der Waals surface area contributed by atoms with Crippen molar-refractivity contribution in [3.8, 4) is 33.8 Å². The third-order valence-electron chi connectivity index (χ3n) is 20.7. The SMILES string of the molecule is CC(C)(C)c1ccc([O-])c(C(C)(C)C)c1.CC(C)(C)c1ccc([O-])c(C(C)(C)C)c1.CC1=Cc2c(-c3ccc(C(C)(C)C)cc3)cccc2[CH]1[Zr].CC1=NC2=CC=C3C2=C1[Si]3(C)C.CC1=NC2=CC=C3C2=C1[Si]3(C)C.CCCC1=Cc2c(-c3ccc(C(C)(C)C)cc3)cccc2[CH]1[Zr].[Cl-]. The van der Waals surface area contributed by atoms with E-state index >= 15 is 0 Å². The quantitative estimate of drug-likeness (QED) is 0.165. The Morgan fingerprint density at radius 2 is 0.768 bits per heavy atom. The van der Waals surface area contributed by atoms with Gasteiger partial charge in [-0.15, -0.1) is 11.5 Å². The monoisotopic (exact) mass is 1520 g/mol. The van der Waals surface area contributed by atoms with Crippen LogP contribution < -0.4 is 22.6 Å². The molecule has 2 atom stereocenters. The zero-order valence-electron chi connectivity index (χ0n) is 64.7. The van der Waals surface area contributed by atoms with Gasteiger partial charge in [0, 0.05) is 22.6 Å². The van der Waals surface area contributed by atoms with E-state index in [4.69, 9.17) is 0 Å². The van der Waals surface area contributed by atoms with Crippen molar-refractivity contribution in [1.82, 2.24) is 0 Å². The molecule has 9 heteroatoms. The molecule has 0 amide bonds. The van der Waals surface area contributed by atoms with Crippen LogP contribution >= 0.6 is 0 Å². The van der Waals surface area contributed by atoms with Gasteiger partial charge in [0.2, 0.25) is 0 Å². The maximum atomic E-state index is 11.7. The Hall–Kier alpha value is -5.33. The van der Waals surface area contributed by atoms with Crippen molar-refractivity contribution in [1.29, 1.82) is 0 Å². The topological polar surface area (TPSA) is 70.8 Å². The maximum Gasteiger partial charge on any atom is -1.00 e. The van der Waals surface area contributed by atoms with E-state index in [2.05, 4.69) is 322 Å². The summed E-state index contributed by atoms with van der Waals surface area (Å²) in [7, 11) is -2.35. The van der Waals surface area contributed by atoms with Gasteiger partial charge >= 0.3 is 300 Å². The molecular formula is C90H110ClN2O2Si2Zr2-3. The molecule has 0 spiro atoms. The smallest absolute Gasteiger partial charge is 1.00 e. The minimum atomic E-state index is -1.17. The van der Waals surface area contributed by atoms with Crippen molar-refractivity contribution in [2.75, 3.05) is 0 Å². The molecule has 0 saturated heterocycles. The second kappa shape index (κ2) is 29.4. The number of hydrogen-bond donors (Lipinski definition) is 0. The summed E-state index contributed by atoms with van der Waals surface area (Å²) in [5.74, 6) is 0.297. The van der Waals surface area contributed by atoms with E-state index in [9.17, 15) is 10.2 Å². The van der Waals surface area contributed by atoms with Gasteiger partial charge in [0.1, 0.15) is 16.1 Å². The predicted molar refractivity (Wildman–Crippen MR) is 417 cm³/mol. The first-order valence-corrected chi connectivity index (χ1v) is 44.5. The number of aliphatic imine (C=N–C) groups is 2. The van der Waals surface area contributed by atoms with Gasteiger partial charge in [-0.1, -0.05) is 169 Å². The fourth-order valence-corrected chi connectivity index (χ4v) is 23.3. The van der Waals surface area contributed by atoms with Gasteiger partial charge in [-0.3, -0.25) is 9.98 Å². The van der Waals surface area contributed by atoms with Gasteiger partial charge < -0.3 is 22.6 Å². The molecule has 4 aliphatic carbocycles. The van der Waals surface area contributed by atoms with E-state index in [1.54, 1.807) is 87.9 Å². The number of allylic oxidation sites excluding steroid dienone is 10. The number of rotatable bonds is 4. The summed E-state index contributed by atoms with van der Waals surface area (Å²) >= 11 is 3.19. The van der Waals surface area contributed by atoms with Gasteiger partial charge in [0.25, 0.3) is 0 Å². The molecule has 0 fully saturated rings. The molecule has 4 aliphatic heterocycles. The molecule has 6 aromatic rings. The molecule has 4 nitrogen and oxygen atoms in total. The predicted octanol–water partition coefficient (Wildman–Crippen LogP) is 20.6. The molecule has 2 unspecified atom stereocenters. The summed E-state index contributed by atoms with van der Waals surface area (Å²) in [4.78, 5) is 9.11. The second-order valence-electron chi connectivity index (χ2n) is 35.3. The van der Waals surface area contributed by atoms with Crippen molar-refractivity contribution in [3.05, 3.63) is 256 Å². The Labute approximate surface area is 636 Å². The van der Waals surface area contributed by atoms with Crippen molar-refractivity contribution in [2.24, 2.45) is 9.98 Å². The average Bonchev–Trinajstić information content (AvgIpc) is 1.55. The van der Waals surface area contributed by atoms with Crippen LogP contribution in [0.5, 0.6) is 11.5 Å². The van der Waals surface area contributed by atoms with Gasteiger partial charge in [-0.25, -0.2) is 0 Å². The molecule has 518 valence electrons. The Kier molecular flexibility index (Phi) is 23.6. The second-order valence-corrected chi connectivity index (χ2v) is 46.7. The first kappa shape index (κ1) is 79.4. The molecule has 99 heavy (non-hydrogen) atoms. The van der Waals surface area contributed by atoms with Crippen LogP contribution in [0.25, 0.3) is 34.4 Å². The zero-order valence-corrected chi connectivity index (χ0v) is 72.3. The standard InChI is InChI=1S/C22H25.C20H21.2C14H22O.2C10H11NSi.ClH.2Zr/c1-5-7-16-14-18-8-6-9-20(21(18)15-16)17-10-12-19(13-11-17)22(2,3)4;1-14-12-16-6-5-7-18(19(16)13-14)15-8-10-17(11-9-15)20(2,3)4;2*1-13(2,3)10-7-8-12(15)11(9-10)14(4,5)6;2*1-6-10-9-7(11-6)4-5-8(9)12(10,2)3;;;/h6,8-15H,5,7H2,1-4H3;5-13H,1-4H3;2*7-9,15H,1-6H3;2*4-5H,1-3H3;1H;;/p-3. The average molecular weight is 1530 g/mol. The zero-order chi connectivity index (χ0) is 72.5. The third-order valence-corrected chi connectivity index (χ3v) is 31.5. The van der Waals surface area contributed by atoms with Gasteiger partial charge in [-0.2, -0.15) is 0 Å². The van der Waals surface area contributed by atoms with Crippen LogP contribution in [0.1, 0.15) is 228 Å². The maximum absolute atomic E-state index is 11.7. The number of hydrogen-bond acceptors (Lipinski definition) is 4. The van der Waals surface area contributed by atoms with Crippen molar-refractivity contribution in [3.63, 3.8) is 0 Å². The summed E-state index contributed by atoms with van der Waals surface area (Å²) in [6, 6.07) is 43.2. The molecule has 0 saturated carbocycles. The largest absolute Gasteiger partial charge is 1.00 e. The van der Waals surface area contributed by atoms with Crippen molar-refractivity contribution < 1.29 is 72.1 Å². The van der Waals surface area contributed by atoms with Crippen molar-refractivity contribution in [2.45, 2.75) is 231 Å². The number of fused-ring (bicyclic) bond motifs is 2. The van der Waals surface area contributed by atoms with Crippen LogP contribution in [0.3, 0.4) is 0 Å². The molecule has 8 aliphatic rings. The number of halogens is 1. The summed E-state index contributed by atoms with van der Waals surface area (Å²) in [5, 5.41) is 29.9.